The highest BCUT2D eigenvalue weighted by Crippen LogP contribution is 2.36. The van der Waals surface area contributed by atoms with Gasteiger partial charge in [-0.2, -0.15) is 5.26 Å². The Balaban J connectivity index is 1.40. The van der Waals surface area contributed by atoms with E-state index in [-0.39, 0.29) is 24.3 Å². The van der Waals surface area contributed by atoms with E-state index in [1.165, 1.54) is 4.90 Å². The third-order valence-electron chi connectivity index (χ3n) is 6.54. The highest BCUT2D eigenvalue weighted by Gasteiger charge is 2.35. The van der Waals surface area contributed by atoms with E-state index in [2.05, 4.69) is 10.6 Å². The fourth-order valence-corrected chi connectivity index (χ4v) is 5.44. The number of imide groups is 1. The molecule has 38 heavy (non-hydrogen) atoms. The summed E-state index contributed by atoms with van der Waals surface area (Å²) >= 11 is 0.933. The zero-order chi connectivity index (χ0) is 26.6. The molecule has 190 valence electrons. The van der Waals surface area contributed by atoms with Gasteiger partial charge < -0.3 is 14.0 Å². The number of ether oxygens (including phenoxy) is 2. The Morgan fingerprint density at radius 2 is 1.68 bits per heavy atom. The van der Waals surface area contributed by atoms with Gasteiger partial charge in [-0.05, 0) is 54.6 Å². The van der Waals surface area contributed by atoms with Gasteiger partial charge in [-0.3, -0.25) is 14.5 Å². The Morgan fingerprint density at radius 1 is 0.974 bits per heavy atom. The number of methoxy groups -OCH3 is 1. The smallest absolute Gasteiger partial charge is 0.293 e. The lowest BCUT2D eigenvalue weighted by atomic mass is 10.1. The van der Waals surface area contributed by atoms with Crippen LogP contribution >= 0.6 is 11.8 Å². The van der Waals surface area contributed by atoms with Crippen molar-refractivity contribution >= 4 is 39.9 Å². The van der Waals surface area contributed by atoms with Crippen molar-refractivity contribution in [2.24, 2.45) is 0 Å². The second-order valence-corrected chi connectivity index (χ2v) is 9.70. The van der Waals surface area contributed by atoms with E-state index in [0.29, 0.717) is 28.5 Å². The first-order valence-electron chi connectivity index (χ1n) is 12.1. The minimum absolute atomic E-state index is 0.131. The lowest BCUT2D eigenvalue weighted by Gasteiger charge is -2.14. The summed E-state index contributed by atoms with van der Waals surface area (Å²) in [5, 5.41) is 10.2. The van der Waals surface area contributed by atoms with Gasteiger partial charge in [0.2, 0.25) is 0 Å². The molecule has 0 unspecified atom stereocenters. The SMILES string of the molecule is COc1ccccc1OCCN1C(=O)S/C(=C\c2c(C)n(Cc3ccccc3C#N)c3ccccc23)C1=O. The number of fused-ring (bicyclic) bond motifs is 1. The fraction of sp³-hybridized carbons (Fsp3) is 0.167. The summed E-state index contributed by atoms with van der Waals surface area (Å²) in [5.74, 6) is 0.805. The molecule has 0 saturated carbocycles. The van der Waals surface area contributed by atoms with E-state index < -0.39 is 0 Å². The lowest BCUT2D eigenvalue weighted by Crippen LogP contribution is -2.32. The maximum Gasteiger partial charge on any atom is 0.293 e. The summed E-state index contributed by atoms with van der Waals surface area (Å²) in [5.41, 5.74) is 4.37. The van der Waals surface area contributed by atoms with Gasteiger partial charge in [0.15, 0.2) is 11.5 Å². The summed E-state index contributed by atoms with van der Waals surface area (Å²) < 4.78 is 13.2. The van der Waals surface area contributed by atoms with E-state index >= 15 is 0 Å². The molecule has 0 spiro atoms. The Labute approximate surface area is 224 Å². The molecule has 0 radical (unpaired) electrons. The van der Waals surface area contributed by atoms with Gasteiger partial charge in [0.05, 0.1) is 30.2 Å². The Hall–Kier alpha value is -4.48. The van der Waals surface area contributed by atoms with Crippen molar-refractivity contribution in [3.63, 3.8) is 0 Å². The van der Waals surface area contributed by atoms with Gasteiger partial charge in [-0.15, -0.1) is 0 Å². The number of nitrogens with zero attached hydrogens (tertiary/aromatic N) is 3. The second-order valence-electron chi connectivity index (χ2n) is 8.70. The predicted octanol–water partition coefficient (Wildman–Crippen LogP) is 5.99. The molecule has 3 aromatic carbocycles. The number of aromatic nitrogens is 1. The molecule has 1 aromatic heterocycles. The number of benzene rings is 3. The van der Waals surface area contributed by atoms with Crippen molar-refractivity contribution in [2.45, 2.75) is 13.5 Å². The molecule has 1 fully saturated rings. The first kappa shape index (κ1) is 25.2. The largest absolute Gasteiger partial charge is 0.493 e. The molecule has 0 aliphatic carbocycles. The van der Waals surface area contributed by atoms with Crippen LogP contribution in [0.3, 0.4) is 0 Å². The third kappa shape index (κ3) is 4.76. The van der Waals surface area contributed by atoms with Crippen molar-refractivity contribution in [1.82, 2.24) is 9.47 Å². The third-order valence-corrected chi connectivity index (χ3v) is 7.44. The summed E-state index contributed by atoms with van der Waals surface area (Å²) in [6, 6.07) is 25.0. The standard InChI is InChI=1S/C30H25N3O4S/c1-20-24(23-11-5-6-12-25(23)33(20)19-22-10-4-3-9-21(22)18-31)17-28-29(34)32(30(35)38-28)15-16-37-27-14-8-7-13-26(27)36-2/h3-14,17H,15-16,19H2,1-2H3/b28-17-. The number of carbonyl (C=O) groups is 2. The molecule has 1 aliphatic heterocycles. The molecule has 0 atom stereocenters. The van der Waals surface area contributed by atoms with Gasteiger partial charge >= 0.3 is 0 Å². The molecule has 8 heteroatoms. The van der Waals surface area contributed by atoms with E-state index in [1.54, 1.807) is 25.3 Å². The molecule has 0 N–H and O–H groups in total. The van der Waals surface area contributed by atoms with Crippen LogP contribution in [0.2, 0.25) is 0 Å². The van der Waals surface area contributed by atoms with Crippen LogP contribution in [-0.2, 0) is 11.3 Å². The molecular formula is C30H25N3O4S. The second kappa shape index (κ2) is 10.9. The summed E-state index contributed by atoms with van der Waals surface area (Å²) in [6.45, 7) is 2.80. The van der Waals surface area contributed by atoms with Crippen LogP contribution in [0, 0.1) is 18.3 Å². The van der Waals surface area contributed by atoms with Crippen LogP contribution in [0.5, 0.6) is 11.5 Å². The number of para-hydroxylation sites is 3. The highest BCUT2D eigenvalue weighted by atomic mass is 32.2. The Kier molecular flexibility index (Phi) is 7.20. The molecule has 4 aromatic rings. The molecule has 0 bridgehead atoms. The fourth-order valence-electron chi connectivity index (χ4n) is 4.59. The highest BCUT2D eigenvalue weighted by molar-refractivity contribution is 8.18. The van der Waals surface area contributed by atoms with Crippen LogP contribution < -0.4 is 9.47 Å². The van der Waals surface area contributed by atoms with Crippen molar-refractivity contribution in [3.8, 4) is 17.6 Å². The van der Waals surface area contributed by atoms with Crippen LogP contribution in [0.15, 0.2) is 77.7 Å². The van der Waals surface area contributed by atoms with Crippen LogP contribution in [-0.4, -0.2) is 40.9 Å². The van der Waals surface area contributed by atoms with E-state index in [4.69, 9.17) is 9.47 Å². The Morgan fingerprint density at radius 3 is 2.47 bits per heavy atom. The number of rotatable bonds is 8. The zero-order valence-electron chi connectivity index (χ0n) is 21.0. The molecule has 5 rings (SSSR count). The van der Waals surface area contributed by atoms with Crippen molar-refractivity contribution in [2.75, 3.05) is 20.3 Å². The normalized spacial score (nSPS) is 14.3. The van der Waals surface area contributed by atoms with Gasteiger partial charge in [0.25, 0.3) is 11.1 Å². The van der Waals surface area contributed by atoms with Gasteiger partial charge in [-0.1, -0.05) is 48.5 Å². The zero-order valence-corrected chi connectivity index (χ0v) is 21.8. The van der Waals surface area contributed by atoms with Crippen molar-refractivity contribution < 1.29 is 19.1 Å². The van der Waals surface area contributed by atoms with Gasteiger partial charge in [0, 0.05) is 28.7 Å². The number of hydrogen-bond acceptors (Lipinski definition) is 6. The average Bonchev–Trinajstić information content (AvgIpc) is 3.36. The van der Waals surface area contributed by atoms with E-state index in [0.717, 1.165) is 39.5 Å². The lowest BCUT2D eigenvalue weighted by molar-refractivity contribution is -0.123. The van der Waals surface area contributed by atoms with Gasteiger partial charge in [-0.25, -0.2) is 0 Å². The number of amides is 2. The maximum atomic E-state index is 13.2. The first-order valence-corrected chi connectivity index (χ1v) is 12.9. The van der Waals surface area contributed by atoms with Crippen LogP contribution in [0.4, 0.5) is 4.79 Å². The first-order chi connectivity index (χ1) is 18.5. The summed E-state index contributed by atoms with van der Waals surface area (Å²) in [4.78, 5) is 27.5. The molecule has 7 nitrogen and oxygen atoms in total. The predicted molar refractivity (Wildman–Crippen MR) is 148 cm³/mol. The monoisotopic (exact) mass is 523 g/mol. The van der Waals surface area contributed by atoms with Crippen molar-refractivity contribution in [1.29, 1.82) is 5.26 Å². The average molecular weight is 524 g/mol. The quantitative estimate of drug-likeness (QED) is 0.264. The van der Waals surface area contributed by atoms with Crippen LogP contribution in [0.25, 0.3) is 17.0 Å². The Bertz CT molecular complexity index is 1620. The number of thioether (sulfide) groups is 1. The molecule has 2 amide bonds. The number of nitriles is 1. The number of carbonyl (C=O) groups excluding carboxylic acids is 2. The molecule has 1 aliphatic rings. The van der Waals surface area contributed by atoms with Crippen molar-refractivity contribution in [3.05, 3.63) is 100 Å². The minimum Gasteiger partial charge on any atom is -0.493 e. The minimum atomic E-state index is -0.338. The van der Waals surface area contributed by atoms with E-state index in [1.807, 2.05) is 67.6 Å². The number of hydrogen-bond donors (Lipinski definition) is 0. The van der Waals surface area contributed by atoms with E-state index in [9.17, 15) is 14.9 Å². The van der Waals surface area contributed by atoms with Crippen LogP contribution in [0.1, 0.15) is 22.4 Å². The topological polar surface area (TPSA) is 84.6 Å². The molecular weight excluding hydrogens is 498 g/mol. The maximum absolute atomic E-state index is 13.2. The summed E-state index contributed by atoms with van der Waals surface area (Å²) in [7, 11) is 1.56. The summed E-state index contributed by atoms with van der Waals surface area (Å²) in [6.07, 6.45) is 1.80. The molecule has 2 heterocycles. The molecule has 1 saturated heterocycles. The van der Waals surface area contributed by atoms with Gasteiger partial charge in [0.1, 0.15) is 6.61 Å².